The summed E-state index contributed by atoms with van der Waals surface area (Å²) in [5.74, 6) is 1.29. The van der Waals surface area contributed by atoms with Gasteiger partial charge in [-0.1, -0.05) is 13.8 Å². The molecule has 0 spiro atoms. The third kappa shape index (κ3) is 8.31. The van der Waals surface area contributed by atoms with Crippen LogP contribution in [0.25, 0.3) is 0 Å². The summed E-state index contributed by atoms with van der Waals surface area (Å²) in [5, 5.41) is 3.92. The van der Waals surface area contributed by atoms with Gasteiger partial charge in [0.2, 0.25) is 0 Å². The monoisotopic (exact) mass is 147 g/mol. The molecule has 0 aliphatic carbocycles. The molecule has 0 aliphatic rings. The maximum Gasteiger partial charge on any atom is -0.000968 e. The summed E-state index contributed by atoms with van der Waals surface area (Å²) in [6.07, 6.45) is 1.29. The van der Waals surface area contributed by atoms with Gasteiger partial charge in [0.15, 0.2) is 0 Å². The highest BCUT2D eigenvalue weighted by atomic mass is 32.2. The molecule has 0 bridgehead atoms. The molecular formula is C7H17NS. The van der Waals surface area contributed by atoms with Crippen molar-refractivity contribution in [3.63, 3.8) is 0 Å². The first-order valence-corrected chi connectivity index (χ1v) is 4.58. The summed E-state index contributed by atoms with van der Waals surface area (Å²) in [4.78, 5) is 0. The van der Waals surface area contributed by atoms with Gasteiger partial charge in [-0.3, -0.25) is 0 Å². The minimum Gasteiger partial charge on any atom is -0.320 e. The molecule has 0 aromatic carbocycles. The molecule has 0 aromatic rings. The summed E-state index contributed by atoms with van der Waals surface area (Å²) in [7, 11) is 2.00. The van der Waals surface area contributed by atoms with Crippen LogP contribution in [0.3, 0.4) is 0 Å². The minimum absolute atomic E-state index is 0.793. The Morgan fingerprint density at radius 2 is 2.11 bits per heavy atom. The summed E-state index contributed by atoms with van der Waals surface area (Å²) in [6.45, 7) is 5.63. The number of nitrogens with one attached hydrogen (secondary N) is 1. The van der Waals surface area contributed by atoms with Crippen LogP contribution in [-0.2, 0) is 0 Å². The second-order valence-electron chi connectivity index (χ2n) is 2.38. The maximum atomic E-state index is 3.13. The first-order valence-electron chi connectivity index (χ1n) is 3.53. The van der Waals surface area contributed by atoms with Gasteiger partial charge in [0.25, 0.3) is 0 Å². The fourth-order valence-corrected chi connectivity index (χ4v) is 1.35. The lowest BCUT2D eigenvalue weighted by atomic mass is 10.5. The van der Waals surface area contributed by atoms with Crippen LogP contribution in [-0.4, -0.2) is 24.6 Å². The van der Waals surface area contributed by atoms with E-state index in [4.69, 9.17) is 0 Å². The topological polar surface area (TPSA) is 12.0 Å². The molecule has 0 radical (unpaired) electrons. The van der Waals surface area contributed by atoms with Gasteiger partial charge in [-0.2, -0.15) is 11.8 Å². The van der Waals surface area contributed by atoms with Crippen molar-refractivity contribution in [2.75, 3.05) is 19.3 Å². The lowest BCUT2D eigenvalue weighted by Gasteiger charge is -2.02. The highest BCUT2D eigenvalue weighted by Gasteiger charge is 1.91. The quantitative estimate of drug-likeness (QED) is 0.594. The van der Waals surface area contributed by atoms with Crippen LogP contribution < -0.4 is 5.32 Å². The van der Waals surface area contributed by atoms with Crippen LogP contribution in [0.4, 0.5) is 0 Å². The number of thioether (sulfide) groups is 1. The molecule has 0 amide bonds. The molecular weight excluding hydrogens is 130 g/mol. The van der Waals surface area contributed by atoms with E-state index in [1.807, 2.05) is 18.8 Å². The summed E-state index contributed by atoms with van der Waals surface area (Å²) >= 11 is 2.03. The molecule has 0 saturated heterocycles. The Hall–Kier alpha value is 0.310. The third-order valence-electron chi connectivity index (χ3n) is 1.02. The highest BCUT2D eigenvalue weighted by Crippen LogP contribution is 2.09. The van der Waals surface area contributed by atoms with E-state index >= 15 is 0 Å². The molecule has 2 heteroatoms. The van der Waals surface area contributed by atoms with Gasteiger partial charge in [-0.05, 0) is 31.0 Å². The third-order valence-corrected chi connectivity index (χ3v) is 2.21. The second-order valence-corrected chi connectivity index (χ2v) is 4.06. The minimum atomic E-state index is 0.793. The standard InChI is InChI=1S/C7H17NS/c1-7(2)9-6-4-5-8-3/h7-8H,4-6H2,1-3H3. The van der Waals surface area contributed by atoms with E-state index in [1.54, 1.807) is 0 Å². The molecule has 0 atom stereocenters. The molecule has 56 valence electrons. The van der Waals surface area contributed by atoms with Crippen molar-refractivity contribution in [1.82, 2.24) is 5.32 Å². The van der Waals surface area contributed by atoms with E-state index < -0.39 is 0 Å². The van der Waals surface area contributed by atoms with Crippen LogP contribution >= 0.6 is 11.8 Å². The average molecular weight is 147 g/mol. The Kier molecular flexibility index (Phi) is 6.65. The van der Waals surface area contributed by atoms with Crippen molar-refractivity contribution >= 4 is 11.8 Å². The Morgan fingerprint density at radius 1 is 1.44 bits per heavy atom. The zero-order valence-corrected chi connectivity index (χ0v) is 7.42. The van der Waals surface area contributed by atoms with E-state index in [0.29, 0.717) is 0 Å². The zero-order chi connectivity index (χ0) is 7.11. The normalized spacial score (nSPS) is 10.7. The predicted octanol–water partition coefficient (Wildman–Crippen LogP) is 1.74. The van der Waals surface area contributed by atoms with Crippen molar-refractivity contribution < 1.29 is 0 Å². The fourth-order valence-electron chi connectivity index (χ4n) is 0.568. The van der Waals surface area contributed by atoms with Gasteiger partial charge in [-0.25, -0.2) is 0 Å². The molecule has 9 heavy (non-hydrogen) atoms. The molecule has 1 nitrogen and oxygen atoms in total. The summed E-state index contributed by atoms with van der Waals surface area (Å²) in [5.41, 5.74) is 0. The Labute approximate surface area is 62.6 Å². The van der Waals surface area contributed by atoms with Crippen molar-refractivity contribution in [3.05, 3.63) is 0 Å². The van der Waals surface area contributed by atoms with Crippen LogP contribution in [0.1, 0.15) is 20.3 Å². The van der Waals surface area contributed by atoms with E-state index in [0.717, 1.165) is 11.8 Å². The van der Waals surface area contributed by atoms with Crippen molar-refractivity contribution in [2.24, 2.45) is 0 Å². The van der Waals surface area contributed by atoms with Crippen molar-refractivity contribution in [3.8, 4) is 0 Å². The summed E-state index contributed by atoms with van der Waals surface area (Å²) in [6, 6.07) is 0. The van der Waals surface area contributed by atoms with Crippen molar-refractivity contribution in [2.45, 2.75) is 25.5 Å². The van der Waals surface area contributed by atoms with Crippen LogP contribution in [0.15, 0.2) is 0 Å². The first-order chi connectivity index (χ1) is 4.27. The number of rotatable bonds is 5. The number of hydrogen-bond donors (Lipinski definition) is 1. The summed E-state index contributed by atoms with van der Waals surface area (Å²) < 4.78 is 0. The molecule has 1 N–H and O–H groups in total. The molecule has 0 fully saturated rings. The fraction of sp³-hybridized carbons (Fsp3) is 1.00. The lowest BCUT2D eigenvalue weighted by Crippen LogP contribution is -2.08. The Balaban J connectivity index is 2.75. The van der Waals surface area contributed by atoms with Gasteiger partial charge >= 0.3 is 0 Å². The lowest BCUT2D eigenvalue weighted by molar-refractivity contribution is 0.777. The molecule has 0 aromatic heterocycles. The van der Waals surface area contributed by atoms with Crippen LogP contribution in [0.5, 0.6) is 0 Å². The highest BCUT2D eigenvalue weighted by molar-refractivity contribution is 7.99. The largest absolute Gasteiger partial charge is 0.320 e. The second kappa shape index (κ2) is 6.43. The van der Waals surface area contributed by atoms with Gasteiger partial charge in [0.1, 0.15) is 0 Å². The smallest absolute Gasteiger partial charge is 0.000968 e. The van der Waals surface area contributed by atoms with Gasteiger partial charge in [-0.15, -0.1) is 0 Å². The maximum absolute atomic E-state index is 3.13. The van der Waals surface area contributed by atoms with Crippen molar-refractivity contribution in [1.29, 1.82) is 0 Å². The van der Waals surface area contributed by atoms with E-state index in [-0.39, 0.29) is 0 Å². The van der Waals surface area contributed by atoms with Crippen LogP contribution in [0, 0.1) is 0 Å². The molecule has 0 aliphatic heterocycles. The predicted molar refractivity (Wildman–Crippen MR) is 46.1 cm³/mol. The van der Waals surface area contributed by atoms with E-state index in [2.05, 4.69) is 19.2 Å². The molecule has 0 saturated carbocycles. The van der Waals surface area contributed by atoms with Crippen LogP contribution in [0.2, 0.25) is 0 Å². The number of hydrogen-bond acceptors (Lipinski definition) is 2. The molecule has 0 heterocycles. The van der Waals surface area contributed by atoms with E-state index in [9.17, 15) is 0 Å². The zero-order valence-electron chi connectivity index (χ0n) is 6.61. The van der Waals surface area contributed by atoms with E-state index in [1.165, 1.54) is 12.2 Å². The van der Waals surface area contributed by atoms with Gasteiger partial charge in [0, 0.05) is 0 Å². The first kappa shape index (κ1) is 9.31. The molecule has 0 unspecified atom stereocenters. The average Bonchev–Trinajstić information content (AvgIpc) is 1.80. The Morgan fingerprint density at radius 3 is 2.56 bits per heavy atom. The van der Waals surface area contributed by atoms with Gasteiger partial charge in [0.05, 0.1) is 0 Å². The molecule has 0 rings (SSSR count). The SMILES string of the molecule is CNCCCSC(C)C. The van der Waals surface area contributed by atoms with Gasteiger partial charge < -0.3 is 5.32 Å². The Bertz CT molecular complexity index is 54.9.